The van der Waals surface area contributed by atoms with Gasteiger partial charge in [0.05, 0.1) is 6.42 Å². The fourth-order valence-electron chi connectivity index (χ4n) is 3.86. The average molecular weight is 641 g/mol. The van der Waals surface area contributed by atoms with Crippen LogP contribution in [0, 0.1) is 0 Å². The number of halogens is 7. The number of carboxylic acids is 1. The quantitative estimate of drug-likeness (QED) is 0.159. The standard InChI is InChI=1S/C29H18F7NO8/c30-27(31)28(32,33)45-23-13-18(7-10-22(23)44-27)21(38)14-20(15-5-8-19(9-6-15)43-29(34,35)36)25(41)16-1-3-17(4-2-16)26(42)37-12-11-24(39)40/h1-10,13-14H,11-12H2,(H,37,42)(H,39,40). The molecule has 236 valence electrons. The van der Waals surface area contributed by atoms with Crippen LogP contribution in [0.5, 0.6) is 17.2 Å². The summed E-state index contributed by atoms with van der Waals surface area (Å²) in [6.45, 7) is -0.169. The molecule has 3 aromatic carbocycles. The second-order valence-corrected chi connectivity index (χ2v) is 9.20. The number of fused-ring (bicyclic) bond motifs is 1. The van der Waals surface area contributed by atoms with E-state index >= 15 is 0 Å². The van der Waals surface area contributed by atoms with Crippen LogP contribution in [-0.4, -0.2) is 53.7 Å². The molecule has 0 spiro atoms. The van der Waals surface area contributed by atoms with Crippen LogP contribution in [0.2, 0.25) is 0 Å². The van der Waals surface area contributed by atoms with E-state index in [1.807, 2.05) is 0 Å². The Labute approximate surface area is 247 Å². The van der Waals surface area contributed by atoms with Crippen LogP contribution in [0.15, 0.2) is 72.8 Å². The van der Waals surface area contributed by atoms with Gasteiger partial charge >= 0.3 is 24.5 Å². The highest BCUT2D eigenvalue weighted by Gasteiger charge is 2.66. The number of alkyl halides is 7. The van der Waals surface area contributed by atoms with Crippen molar-refractivity contribution in [2.24, 2.45) is 0 Å². The third-order valence-electron chi connectivity index (χ3n) is 6.00. The summed E-state index contributed by atoms with van der Waals surface area (Å²) in [4.78, 5) is 49.5. The molecular formula is C29H18F7NO8. The summed E-state index contributed by atoms with van der Waals surface area (Å²) >= 11 is 0. The summed E-state index contributed by atoms with van der Waals surface area (Å²) in [5, 5.41) is 11.1. The van der Waals surface area contributed by atoms with Crippen molar-refractivity contribution >= 4 is 29.0 Å². The molecule has 9 nitrogen and oxygen atoms in total. The largest absolute Gasteiger partial charge is 0.573 e. The molecular weight excluding hydrogens is 623 g/mol. The zero-order chi connectivity index (χ0) is 33.2. The van der Waals surface area contributed by atoms with Crippen LogP contribution in [0.1, 0.15) is 43.1 Å². The van der Waals surface area contributed by atoms with E-state index in [0.717, 1.165) is 42.5 Å². The van der Waals surface area contributed by atoms with Crippen molar-refractivity contribution in [1.29, 1.82) is 0 Å². The number of rotatable bonds is 10. The first-order valence-electron chi connectivity index (χ1n) is 12.5. The molecule has 0 saturated carbocycles. The second kappa shape index (κ2) is 12.3. The third kappa shape index (κ3) is 7.76. The van der Waals surface area contributed by atoms with E-state index in [1.165, 1.54) is 24.3 Å². The second-order valence-electron chi connectivity index (χ2n) is 9.20. The molecule has 1 aliphatic rings. The molecule has 1 amide bonds. The molecule has 1 heterocycles. The minimum atomic E-state index is -5.07. The van der Waals surface area contributed by atoms with E-state index < -0.39 is 70.4 Å². The Morgan fingerprint density at radius 3 is 1.89 bits per heavy atom. The van der Waals surface area contributed by atoms with Crippen molar-refractivity contribution in [3.05, 3.63) is 95.1 Å². The van der Waals surface area contributed by atoms with E-state index in [-0.39, 0.29) is 29.7 Å². The summed E-state index contributed by atoms with van der Waals surface area (Å²) in [5.41, 5.74) is -0.943. The zero-order valence-electron chi connectivity index (χ0n) is 22.3. The fourth-order valence-corrected chi connectivity index (χ4v) is 3.86. The number of hydrogen-bond acceptors (Lipinski definition) is 7. The maximum Gasteiger partial charge on any atom is 0.573 e. The van der Waals surface area contributed by atoms with Crippen LogP contribution < -0.4 is 19.5 Å². The number of carbonyl (C=O) groups excluding carboxylic acids is 3. The zero-order valence-corrected chi connectivity index (χ0v) is 22.3. The number of benzene rings is 3. The van der Waals surface area contributed by atoms with Gasteiger partial charge in [-0.3, -0.25) is 19.2 Å². The number of aliphatic carboxylic acids is 1. The summed E-state index contributed by atoms with van der Waals surface area (Å²) in [5.74, 6) is -6.02. The van der Waals surface area contributed by atoms with Gasteiger partial charge in [0.1, 0.15) is 5.75 Å². The normalized spacial score (nSPS) is 15.1. The lowest BCUT2D eigenvalue weighted by Gasteiger charge is -2.31. The number of hydrogen-bond donors (Lipinski definition) is 2. The highest BCUT2D eigenvalue weighted by atomic mass is 19.4. The van der Waals surface area contributed by atoms with Crippen LogP contribution in [0.3, 0.4) is 0 Å². The van der Waals surface area contributed by atoms with Crippen molar-refractivity contribution in [3.63, 3.8) is 0 Å². The van der Waals surface area contributed by atoms with E-state index in [4.69, 9.17) is 5.11 Å². The number of carbonyl (C=O) groups is 4. The lowest BCUT2D eigenvalue weighted by molar-refractivity contribution is -0.391. The summed E-state index contributed by atoms with van der Waals surface area (Å²) in [6, 6.07) is 11.0. The molecule has 0 saturated heterocycles. The molecule has 0 fully saturated rings. The molecule has 0 bridgehead atoms. The lowest BCUT2D eigenvalue weighted by Crippen LogP contribution is -2.52. The monoisotopic (exact) mass is 641 g/mol. The van der Waals surface area contributed by atoms with Crippen LogP contribution in [0.4, 0.5) is 30.7 Å². The maximum atomic E-state index is 13.7. The molecule has 45 heavy (non-hydrogen) atoms. The van der Waals surface area contributed by atoms with Gasteiger partial charge in [0, 0.05) is 28.8 Å². The van der Waals surface area contributed by atoms with Crippen molar-refractivity contribution in [1.82, 2.24) is 5.32 Å². The predicted octanol–water partition coefficient (Wildman–Crippen LogP) is 5.90. The van der Waals surface area contributed by atoms with Gasteiger partial charge in [-0.15, -0.1) is 13.2 Å². The minimum absolute atomic E-state index is 0.0471. The van der Waals surface area contributed by atoms with Gasteiger partial charge in [0.15, 0.2) is 23.1 Å². The van der Waals surface area contributed by atoms with E-state index in [9.17, 15) is 49.9 Å². The van der Waals surface area contributed by atoms with Crippen LogP contribution in [-0.2, 0) is 4.79 Å². The Kier molecular flexibility index (Phi) is 8.88. The molecule has 16 heteroatoms. The molecule has 2 N–H and O–H groups in total. The highest BCUT2D eigenvalue weighted by molar-refractivity contribution is 6.32. The molecule has 0 radical (unpaired) electrons. The van der Waals surface area contributed by atoms with Crippen molar-refractivity contribution in [2.75, 3.05) is 6.54 Å². The molecule has 0 aliphatic carbocycles. The Balaban J connectivity index is 1.67. The van der Waals surface area contributed by atoms with Crippen LogP contribution >= 0.6 is 0 Å². The summed E-state index contributed by atoms with van der Waals surface area (Å²) < 4.78 is 104. The van der Waals surface area contributed by atoms with Gasteiger partial charge in [-0.25, -0.2) is 0 Å². The number of allylic oxidation sites excluding steroid dienone is 2. The first kappa shape index (κ1) is 32.5. The van der Waals surface area contributed by atoms with E-state index in [2.05, 4.69) is 19.5 Å². The SMILES string of the molecule is O=C(O)CCNC(=O)c1ccc(C(=O)C(=CC(=O)c2ccc3c(c2)OC(F)(F)C(F)(F)O3)c2ccc(OC(F)(F)F)cc2)cc1. The fraction of sp³-hybridized carbons (Fsp3) is 0.172. The lowest BCUT2D eigenvalue weighted by atomic mass is 9.93. The van der Waals surface area contributed by atoms with Gasteiger partial charge in [-0.1, -0.05) is 24.3 Å². The van der Waals surface area contributed by atoms with E-state index in [1.54, 1.807) is 0 Å². The number of ether oxygens (including phenoxy) is 3. The number of amides is 1. The van der Waals surface area contributed by atoms with Gasteiger partial charge in [-0.2, -0.15) is 17.6 Å². The number of ketones is 2. The predicted molar refractivity (Wildman–Crippen MR) is 138 cm³/mol. The first-order valence-corrected chi connectivity index (χ1v) is 12.5. The highest BCUT2D eigenvalue weighted by Crippen LogP contribution is 2.47. The summed E-state index contributed by atoms with van der Waals surface area (Å²) in [6.07, 6.45) is -14.7. The van der Waals surface area contributed by atoms with Crippen molar-refractivity contribution < 1.29 is 69.2 Å². The first-order chi connectivity index (χ1) is 21.0. The Morgan fingerprint density at radius 1 is 0.778 bits per heavy atom. The Bertz CT molecular complexity index is 1670. The molecule has 4 rings (SSSR count). The molecule has 0 unspecified atom stereocenters. The topological polar surface area (TPSA) is 128 Å². The number of carboxylic acid groups (broad SMARTS) is 1. The number of Topliss-reactive ketones (excluding diaryl/α,β-unsaturated/α-hetero) is 1. The third-order valence-corrected chi connectivity index (χ3v) is 6.00. The summed E-state index contributed by atoms with van der Waals surface area (Å²) in [7, 11) is 0. The van der Waals surface area contributed by atoms with Gasteiger partial charge in [-0.05, 0) is 54.1 Å². The van der Waals surface area contributed by atoms with Crippen molar-refractivity contribution in [3.8, 4) is 17.2 Å². The molecule has 0 aromatic heterocycles. The van der Waals surface area contributed by atoms with Crippen molar-refractivity contribution in [2.45, 2.75) is 25.0 Å². The van der Waals surface area contributed by atoms with E-state index in [0.29, 0.717) is 6.07 Å². The Morgan fingerprint density at radius 2 is 1.31 bits per heavy atom. The Hall–Kier alpha value is -5.41. The average Bonchev–Trinajstić information content (AvgIpc) is 2.95. The molecule has 1 aliphatic heterocycles. The number of nitrogens with one attached hydrogen (secondary N) is 1. The van der Waals surface area contributed by atoms with Gasteiger partial charge in [0.25, 0.3) is 5.91 Å². The van der Waals surface area contributed by atoms with Crippen LogP contribution in [0.25, 0.3) is 5.57 Å². The smallest absolute Gasteiger partial charge is 0.481 e. The van der Waals surface area contributed by atoms with Gasteiger partial charge in [0.2, 0.25) is 0 Å². The van der Waals surface area contributed by atoms with Gasteiger partial charge < -0.3 is 24.6 Å². The molecule has 0 atom stereocenters. The maximum absolute atomic E-state index is 13.7. The minimum Gasteiger partial charge on any atom is -0.481 e. The molecule has 3 aromatic rings.